The average molecular weight is 493 g/mol. The van der Waals surface area contributed by atoms with Gasteiger partial charge in [0.15, 0.2) is 0 Å². The predicted molar refractivity (Wildman–Crippen MR) is 143 cm³/mol. The van der Waals surface area contributed by atoms with E-state index in [1.807, 2.05) is 11.8 Å². The fourth-order valence-corrected chi connectivity index (χ4v) is 8.37. The van der Waals surface area contributed by atoms with Gasteiger partial charge in [-0.1, -0.05) is 52.0 Å². The van der Waals surface area contributed by atoms with Crippen molar-refractivity contribution in [3.05, 3.63) is 35.5 Å². The normalized spacial score (nSPS) is 37.9. The van der Waals surface area contributed by atoms with Gasteiger partial charge in [0.25, 0.3) is 0 Å². The number of hydrogen-bond donors (Lipinski definition) is 4. The molecule has 7 atom stereocenters. The highest BCUT2D eigenvalue weighted by Crippen LogP contribution is 2.59. The topological polar surface area (TPSA) is 80.9 Å². The molecule has 3 aliphatic rings. The van der Waals surface area contributed by atoms with Crippen LogP contribution in [0.3, 0.4) is 0 Å². The van der Waals surface area contributed by atoms with Gasteiger partial charge in [-0.25, -0.2) is 0 Å². The highest BCUT2D eigenvalue weighted by Gasteiger charge is 2.55. The number of aliphatic hydroxyl groups is 4. The van der Waals surface area contributed by atoms with Crippen LogP contribution in [-0.4, -0.2) is 55.3 Å². The Bertz CT molecular complexity index is 770. The second-order valence-electron chi connectivity index (χ2n) is 11.4. The van der Waals surface area contributed by atoms with Crippen LogP contribution in [0.2, 0.25) is 0 Å². The maximum atomic E-state index is 11.2. The maximum absolute atomic E-state index is 11.2. The van der Waals surface area contributed by atoms with Crippen molar-refractivity contribution >= 4 is 11.8 Å². The zero-order valence-electron chi connectivity index (χ0n) is 21.8. The van der Waals surface area contributed by atoms with E-state index in [-0.39, 0.29) is 17.4 Å². The first-order chi connectivity index (χ1) is 16.0. The average Bonchev–Trinajstić information content (AvgIpc) is 3.08. The van der Waals surface area contributed by atoms with Gasteiger partial charge in [0, 0.05) is 17.6 Å². The molecule has 0 heterocycles. The van der Waals surface area contributed by atoms with Gasteiger partial charge in [0.2, 0.25) is 0 Å². The molecule has 3 fully saturated rings. The van der Waals surface area contributed by atoms with E-state index < -0.39 is 17.8 Å². The Morgan fingerprint density at radius 1 is 1.18 bits per heavy atom. The molecule has 0 aromatic heterocycles. The molecule has 0 aromatic carbocycles. The molecule has 3 aliphatic carbocycles. The summed E-state index contributed by atoms with van der Waals surface area (Å²) in [5, 5.41) is 42.4. The lowest BCUT2D eigenvalue weighted by Gasteiger charge is -2.44. The van der Waals surface area contributed by atoms with Gasteiger partial charge in [-0.05, 0) is 86.0 Å². The minimum absolute atomic E-state index is 0.0879. The molecule has 3 saturated carbocycles. The Morgan fingerprint density at radius 3 is 2.56 bits per heavy atom. The Labute approximate surface area is 211 Å². The quantitative estimate of drug-likeness (QED) is 0.317. The largest absolute Gasteiger partial charge is 0.393 e. The fourth-order valence-electron chi connectivity index (χ4n) is 6.98. The molecule has 4 N–H and O–H groups in total. The molecule has 194 valence electrons. The highest BCUT2D eigenvalue weighted by atomic mass is 32.2. The Kier molecular flexibility index (Phi) is 9.58. The third kappa shape index (κ3) is 6.03. The number of thioether (sulfide) groups is 1. The molecular formula is C29H48O4S. The minimum Gasteiger partial charge on any atom is -0.393 e. The Balaban J connectivity index is 1.68. The SMILES string of the molecule is C=C1/C(=C\C=C2/CCC[C@@]3(C)[C@H]2C[C@H](O)[C@@H]3C(C)SCCCC(O)(CC)CC)C[C@@H](O)C[C@@H]1O. The smallest absolute Gasteiger partial charge is 0.0811 e. The van der Waals surface area contributed by atoms with Crippen molar-refractivity contribution in [2.45, 2.75) is 121 Å². The van der Waals surface area contributed by atoms with Crippen LogP contribution in [-0.2, 0) is 0 Å². The molecule has 0 aliphatic heterocycles. The lowest BCUT2D eigenvalue weighted by atomic mass is 9.63. The van der Waals surface area contributed by atoms with E-state index in [4.69, 9.17) is 0 Å². The van der Waals surface area contributed by atoms with E-state index in [0.717, 1.165) is 68.3 Å². The summed E-state index contributed by atoms with van der Waals surface area (Å²) in [6.45, 7) is 12.8. The highest BCUT2D eigenvalue weighted by molar-refractivity contribution is 7.99. The van der Waals surface area contributed by atoms with E-state index >= 15 is 0 Å². The number of hydrogen-bond acceptors (Lipinski definition) is 5. The molecule has 1 unspecified atom stereocenters. The Morgan fingerprint density at radius 2 is 1.88 bits per heavy atom. The summed E-state index contributed by atoms with van der Waals surface area (Å²) in [7, 11) is 0. The first-order valence-electron chi connectivity index (χ1n) is 13.5. The van der Waals surface area contributed by atoms with E-state index in [2.05, 4.69) is 46.4 Å². The molecule has 0 bridgehead atoms. The van der Waals surface area contributed by atoms with Crippen molar-refractivity contribution in [2.24, 2.45) is 17.3 Å². The maximum Gasteiger partial charge on any atom is 0.0811 e. The molecule has 0 aromatic rings. The summed E-state index contributed by atoms with van der Waals surface area (Å²) in [5.74, 6) is 1.66. The molecule has 34 heavy (non-hydrogen) atoms. The summed E-state index contributed by atoms with van der Waals surface area (Å²) in [6.07, 6.45) is 11.3. The van der Waals surface area contributed by atoms with Crippen LogP contribution in [0, 0.1) is 17.3 Å². The van der Waals surface area contributed by atoms with Gasteiger partial charge in [-0.2, -0.15) is 11.8 Å². The molecular weight excluding hydrogens is 444 g/mol. The first-order valence-corrected chi connectivity index (χ1v) is 14.6. The number of rotatable bonds is 9. The van der Waals surface area contributed by atoms with E-state index in [0.29, 0.717) is 24.0 Å². The van der Waals surface area contributed by atoms with Gasteiger partial charge in [-0.15, -0.1) is 0 Å². The standard InChI is InChI=1S/C29H48O4S/c1-6-29(33,7-2)14-9-15-34-20(4)27-26(32)18-24-21(10-8-13-28(24,27)5)11-12-22-16-23(30)17-25(31)19(22)3/h11-12,20,23-27,30-33H,3,6-10,13-18H2,1-2,4-5H3/b21-11+,22-12-/t20?,23-,24+,25+,26+,27+,28+/m1/s1. The van der Waals surface area contributed by atoms with Crippen molar-refractivity contribution in [2.75, 3.05) is 5.75 Å². The van der Waals surface area contributed by atoms with Crippen LogP contribution in [0.5, 0.6) is 0 Å². The van der Waals surface area contributed by atoms with Crippen LogP contribution >= 0.6 is 11.8 Å². The van der Waals surface area contributed by atoms with Crippen molar-refractivity contribution in [1.82, 2.24) is 0 Å². The third-order valence-electron chi connectivity index (χ3n) is 9.33. The van der Waals surface area contributed by atoms with Crippen molar-refractivity contribution in [3.63, 3.8) is 0 Å². The summed E-state index contributed by atoms with van der Waals surface area (Å²) < 4.78 is 0. The van der Waals surface area contributed by atoms with E-state index in [1.54, 1.807) is 0 Å². The van der Waals surface area contributed by atoms with E-state index in [9.17, 15) is 20.4 Å². The summed E-state index contributed by atoms with van der Waals surface area (Å²) in [5.41, 5.74) is 2.64. The predicted octanol–water partition coefficient (Wildman–Crippen LogP) is 5.55. The molecule has 0 spiro atoms. The van der Waals surface area contributed by atoms with E-state index in [1.165, 1.54) is 5.57 Å². The van der Waals surface area contributed by atoms with Gasteiger partial charge in [-0.3, -0.25) is 0 Å². The van der Waals surface area contributed by atoms with Gasteiger partial charge in [0.05, 0.1) is 23.9 Å². The van der Waals surface area contributed by atoms with Gasteiger partial charge >= 0.3 is 0 Å². The lowest BCUT2D eigenvalue weighted by Crippen LogP contribution is -2.39. The van der Waals surface area contributed by atoms with Crippen molar-refractivity contribution in [1.29, 1.82) is 0 Å². The number of allylic oxidation sites excluding steroid dienone is 3. The van der Waals surface area contributed by atoms with Crippen LogP contribution < -0.4 is 0 Å². The summed E-state index contributed by atoms with van der Waals surface area (Å²) in [4.78, 5) is 0. The second kappa shape index (κ2) is 11.6. The molecule has 0 amide bonds. The molecule has 5 heteroatoms. The third-order valence-corrected chi connectivity index (χ3v) is 10.7. The van der Waals surface area contributed by atoms with Crippen LogP contribution in [0.15, 0.2) is 35.5 Å². The van der Waals surface area contributed by atoms with Crippen molar-refractivity contribution in [3.8, 4) is 0 Å². The fraction of sp³-hybridized carbons (Fsp3) is 0.793. The van der Waals surface area contributed by atoms with Crippen LogP contribution in [0.1, 0.15) is 91.9 Å². The summed E-state index contributed by atoms with van der Waals surface area (Å²) in [6, 6.07) is 0. The van der Waals surface area contributed by atoms with Crippen molar-refractivity contribution < 1.29 is 20.4 Å². The number of fused-ring (bicyclic) bond motifs is 1. The molecule has 0 saturated heterocycles. The minimum atomic E-state index is -0.661. The monoisotopic (exact) mass is 492 g/mol. The second-order valence-corrected chi connectivity index (χ2v) is 12.9. The van der Waals surface area contributed by atoms with Crippen LogP contribution in [0.25, 0.3) is 0 Å². The van der Waals surface area contributed by atoms with Crippen LogP contribution in [0.4, 0.5) is 0 Å². The van der Waals surface area contributed by atoms with Gasteiger partial charge < -0.3 is 20.4 Å². The zero-order chi connectivity index (χ0) is 25.1. The lowest BCUT2D eigenvalue weighted by molar-refractivity contribution is 0.0232. The Hall–Kier alpha value is -0.590. The molecule has 3 rings (SSSR count). The molecule has 4 nitrogen and oxygen atoms in total. The number of aliphatic hydroxyl groups excluding tert-OH is 3. The zero-order valence-corrected chi connectivity index (χ0v) is 22.6. The van der Waals surface area contributed by atoms with Gasteiger partial charge in [0.1, 0.15) is 0 Å². The molecule has 0 radical (unpaired) electrons. The first kappa shape index (κ1) is 28.0. The summed E-state index contributed by atoms with van der Waals surface area (Å²) >= 11 is 1.96.